The predicted molar refractivity (Wildman–Crippen MR) is 48.5 cm³/mol. The van der Waals surface area contributed by atoms with E-state index in [2.05, 4.69) is 4.72 Å². The first kappa shape index (κ1) is 8.99. The van der Waals surface area contributed by atoms with Gasteiger partial charge in [0.2, 0.25) is 0 Å². The third-order valence-electron chi connectivity index (χ3n) is 1.24. The molecule has 1 aromatic rings. The minimum Gasteiger partial charge on any atom is -0.399 e. The molecule has 0 radical (unpaired) electrons. The van der Waals surface area contributed by atoms with Crippen molar-refractivity contribution in [3.05, 3.63) is 24.0 Å². The largest absolute Gasteiger partial charge is 0.399 e. The summed E-state index contributed by atoms with van der Waals surface area (Å²) < 4.78 is 26.0. The van der Waals surface area contributed by atoms with Crippen LogP contribution in [0.1, 0.15) is 0 Å². The highest BCUT2D eigenvalue weighted by atomic mass is 32.2. The van der Waals surface area contributed by atoms with Gasteiger partial charge in [-0.25, -0.2) is 8.60 Å². The molecule has 0 fully saturated rings. The number of nitrogens with one attached hydrogen (secondary N) is 1. The fraction of sp³-hybridized carbons (Fsp3) is 0.143. The number of hydrogen-bond acceptors (Lipinski definition) is 2. The maximum absolute atomic E-state index is 12.9. The summed E-state index contributed by atoms with van der Waals surface area (Å²) in [4.78, 5) is 0. The second kappa shape index (κ2) is 3.53. The summed E-state index contributed by atoms with van der Waals surface area (Å²) in [6.45, 7) is 0. The molecular weight excluding hydrogens is 179 g/mol. The highest BCUT2D eigenvalue weighted by Crippen LogP contribution is 2.17. The Kier molecular flexibility index (Phi) is 2.65. The van der Waals surface area contributed by atoms with Crippen LogP contribution in [0.15, 0.2) is 18.2 Å². The van der Waals surface area contributed by atoms with Gasteiger partial charge >= 0.3 is 0 Å². The first-order valence-corrected chi connectivity index (χ1v) is 4.80. The number of rotatable bonds is 2. The predicted octanol–water partition coefficient (Wildman–Crippen LogP) is 1.11. The van der Waals surface area contributed by atoms with E-state index in [4.69, 9.17) is 5.73 Å². The van der Waals surface area contributed by atoms with Crippen LogP contribution in [0.2, 0.25) is 0 Å². The van der Waals surface area contributed by atoms with Crippen molar-refractivity contribution >= 4 is 22.4 Å². The Morgan fingerprint density at radius 2 is 2.25 bits per heavy atom. The van der Waals surface area contributed by atoms with Gasteiger partial charge in [0.1, 0.15) is 16.8 Å². The Morgan fingerprint density at radius 1 is 1.58 bits per heavy atom. The molecule has 0 aliphatic carbocycles. The lowest BCUT2D eigenvalue weighted by Gasteiger charge is -2.04. The molecule has 1 aromatic carbocycles. The fourth-order valence-corrected chi connectivity index (χ4v) is 1.24. The standard InChI is InChI=1S/C7H9FN2OS/c1-12(11)10-7-4-5(9)2-3-6(7)8/h2-4,10H,9H2,1H3. The van der Waals surface area contributed by atoms with Gasteiger partial charge in [0.15, 0.2) is 0 Å². The molecule has 3 N–H and O–H groups in total. The lowest BCUT2D eigenvalue weighted by Crippen LogP contribution is -2.03. The van der Waals surface area contributed by atoms with Gasteiger partial charge in [0.05, 0.1) is 5.69 Å². The minimum atomic E-state index is -1.28. The minimum absolute atomic E-state index is 0.163. The van der Waals surface area contributed by atoms with Crippen molar-refractivity contribution in [2.75, 3.05) is 16.7 Å². The summed E-state index contributed by atoms with van der Waals surface area (Å²) in [5.74, 6) is -0.459. The summed E-state index contributed by atoms with van der Waals surface area (Å²) >= 11 is 0. The highest BCUT2D eigenvalue weighted by Gasteiger charge is 2.02. The van der Waals surface area contributed by atoms with Gasteiger partial charge in [-0.1, -0.05) is 0 Å². The van der Waals surface area contributed by atoms with Crippen molar-refractivity contribution in [3.63, 3.8) is 0 Å². The Balaban J connectivity index is 2.97. The second-order valence-corrected chi connectivity index (χ2v) is 3.41. The van der Waals surface area contributed by atoms with Crippen LogP contribution in [0.5, 0.6) is 0 Å². The van der Waals surface area contributed by atoms with Crippen LogP contribution < -0.4 is 10.5 Å². The maximum atomic E-state index is 12.9. The average Bonchev–Trinajstić information content (AvgIpc) is 1.96. The van der Waals surface area contributed by atoms with Crippen LogP contribution in [0.3, 0.4) is 0 Å². The molecule has 0 aliphatic rings. The Labute approximate surface area is 72.4 Å². The Hall–Kier alpha value is -1.10. The molecule has 0 heterocycles. The van der Waals surface area contributed by atoms with Crippen molar-refractivity contribution in [1.82, 2.24) is 0 Å². The lowest BCUT2D eigenvalue weighted by molar-refractivity contribution is 0.632. The lowest BCUT2D eigenvalue weighted by atomic mass is 10.3. The molecular formula is C7H9FN2OS. The molecule has 0 saturated heterocycles. The first-order chi connectivity index (χ1) is 5.59. The Morgan fingerprint density at radius 3 is 2.83 bits per heavy atom. The quantitative estimate of drug-likeness (QED) is 0.683. The highest BCUT2D eigenvalue weighted by molar-refractivity contribution is 7.85. The van der Waals surface area contributed by atoms with E-state index < -0.39 is 16.8 Å². The molecule has 1 rings (SSSR count). The number of nitrogen functional groups attached to an aromatic ring is 1. The van der Waals surface area contributed by atoms with E-state index in [1.807, 2.05) is 0 Å². The molecule has 0 aliphatic heterocycles. The summed E-state index contributed by atoms with van der Waals surface area (Å²) in [7, 11) is -1.28. The number of anilines is 2. The molecule has 1 atom stereocenters. The van der Waals surface area contributed by atoms with Crippen molar-refractivity contribution in [2.24, 2.45) is 0 Å². The van der Waals surface area contributed by atoms with Crippen molar-refractivity contribution in [2.45, 2.75) is 0 Å². The number of benzene rings is 1. The molecule has 12 heavy (non-hydrogen) atoms. The normalized spacial score (nSPS) is 12.5. The summed E-state index contributed by atoms with van der Waals surface area (Å²) in [6, 6.07) is 4.07. The van der Waals surface area contributed by atoms with Gasteiger partial charge in [-0.05, 0) is 18.2 Å². The number of halogens is 1. The second-order valence-electron chi connectivity index (χ2n) is 2.30. The molecule has 0 bridgehead atoms. The third kappa shape index (κ3) is 2.20. The van der Waals surface area contributed by atoms with Crippen molar-refractivity contribution < 1.29 is 8.60 Å². The topological polar surface area (TPSA) is 55.1 Å². The van der Waals surface area contributed by atoms with Gasteiger partial charge in [0, 0.05) is 11.9 Å². The Bertz CT molecular complexity index is 316. The average molecular weight is 188 g/mol. The summed E-state index contributed by atoms with van der Waals surface area (Å²) in [5, 5.41) is 0. The molecule has 5 heteroatoms. The zero-order valence-electron chi connectivity index (χ0n) is 6.50. The van der Waals surface area contributed by atoms with Crippen LogP contribution in [0.4, 0.5) is 15.8 Å². The van der Waals surface area contributed by atoms with Crippen LogP contribution in [0.25, 0.3) is 0 Å². The zero-order chi connectivity index (χ0) is 9.14. The van der Waals surface area contributed by atoms with E-state index in [0.717, 1.165) is 0 Å². The van der Waals surface area contributed by atoms with E-state index in [9.17, 15) is 8.60 Å². The van der Waals surface area contributed by atoms with Crippen molar-refractivity contribution in [3.8, 4) is 0 Å². The number of nitrogens with two attached hydrogens (primary N) is 1. The van der Waals surface area contributed by atoms with E-state index >= 15 is 0 Å². The summed E-state index contributed by atoms with van der Waals surface area (Å²) in [5.41, 5.74) is 5.99. The maximum Gasteiger partial charge on any atom is 0.147 e. The molecule has 3 nitrogen and oxygen atoms in total. The molecule has 0 amide bonds. The van der Waals surface area contributed by atoms with E-state index in [-0.39, 0.29) is 5.69 Å². The van der Waals surface area contributed by atoms with Gasteiger partial charge in [-0.2, -0.15) is 0 Å². The van der Waals surface area contributed by atoms with Crippen LogP contribution in [-0.4, -0.2) is 10.5 Å². The SMILES string of the molecule is CS(=O)Nc1cc(N)ccc1F. The monoisotopic (exact) mass is 188 g/mol. The summed E-state index contributed by atoms with van der Waals surface area (Å²) in [6.07, 6.45) is 1.42. The molecule has 0 spiro atoms. The van der Waals surface area contributed by atoms with Gasteiger partial charge in [-0.3, -0.25) is 0 Å². The van der Waals surface area contributed by atoms with Gasteiger partial charge in [0.25, 0.3) is 0 Å². The van der Waals surface area contributed by atoms with E-state index in [1.165, 1.54) is 24.5 Å². The van der Waals surface area contributed by atoms with Gasteiger partial charge < -0.3 is 10.5 Å². The molecule has 0 aromatic heterocycles. The van der Waals surface area contributed by atoms with Gasteiger partial charge in [-0.15, -0.1) is 0 Å². The van der Waals surface area contributed by atoms with Crippen LogP contribution >= 0.6 is 0 Å². The smallest absolute Gasteiger partial charge is 0.147 e. The molecule has 0 saturated carbocycles. The van der Waals surface area contributed by atoms with Crippen molar-refractivity contribution in [1.29, 1.82) is 0 Å². The van der Waals surface area contributed by atoms with Crippen LogP contribution in [0, 0.1) is 5.82 Å². The fourth-order valence-electron chi connectivity index (χ4n) is 0.776. The molecule has 1 unspecified atom stereocenters. The zero-order valence-corrected chi connectivity index (χ0v) is 7.32. The van der Waals surface area contributed by atoms with E-state index in [1.54, 1.807) is 0 Å². The molecule has 66 valence electrons. The third-order valence-corrected chi connectivity index (χ3v) is 1.75. The first-order valence-electron chi connectivity index (χ1n) is 3.24. The van der Waals surface area contributed by atoms with Crippen LogP contribution in [-0.2, 0) is 11.0 Å². The van der Waals surface area contributed by atoms with E-state index in [0.29, 0.717) is 5.69 Å². The number of hydrogen-bond donors (Lipinski definition) is 2.